The van der Waals surface area contributed by atoms with E-state index in [1.807, 2.05) is 12.1 Å². The highest BCUT2D eigenvalue weighted by Crippen LogP contribution is 2.16. The number of halogens is 1. The summed E-state index contributed by atoms with van der Waals surface area (Å²) in [4.78, 5) is 2.64. The minimum absolute atomic E-state index is 0.597. The predicted octanol–water partition coefficient (Wildman–Crippen LogP) is 3.20. The Labute approximate surface area is 122 Å². The van der Waals surface area contributed by atoms with Crippen molar-refractivity contribution < 1.29 is 0 Å². The molecular formula is C16H25ClN2. The van der Waals surface area contributed by atoms with Crippen molar-refractivity contribution in [2.24, 2.45) is 5.92 Å². The van der Waals surface area contributed by atoms with Crippen molar-refractivity contribution >= 4 is 11.6 Å². The van der Waals surface area contributed by atoms with Gasteiger partial charge in [0.15, 0.2) is 0 Å². The van der Waals surface area contributed by atoms with Crippen molar-refractivity contribution in [3.05, 3.63) is 34.9 Å². The quantitative estimate of drug-likeness (QED) is 0.911. The number of nitrogens with one attached hydrogen (secondary N) is 1. The molecule has 1 aromatic carbocycles. The number of nitrogens with zero attached hydrogens (tertiary/aromatic N) is 1. The zero-order chi connectivity index (χ0) is 13.8. The highest BCUT2D eigenvalue weighted by molar-refractivity contribution is 6.30. The van der Waals surface area contributed by atoms with Crippen LogP contribution in [-0.4, -0.2) is 36.6 Å². The Balaban J connectivity index is 1.93. The fraction of sp³-hybridized carbons (Fsp3) is 0.625. The van der Waals surface area contributed by atoms with E-state index in [-0.39, 0.29) is 0 Å². The minimum Gasteiger partial charge on any atom is -0.311 e. The first-order valence-electron chi connectivity index (χ1n) is 7.28. The zero-order valence-electron chi connectivity index (χ0n) is 12.2. The summed E-state index contributed by atoms with van der Waals surface area (Å²) >= 11 is 5.93. The van der Waals surface area contributed by atoms with E-state index in [1.165, 1.54) is 5.56 Å². The first kappa shape index (κ1) is 14.8. The molecule has 0 aromatic heterocycles. The molecule has 2 nitrogen and oxygen atoms in total. The van der Waals surface area contributed by atoms with E-state index in [9.17, 15) is 0 Å². The fourth-order valence-corrected chi connectivity index (χ4v) is 2.97. The smallest absolute Gasteiger partial charge is 0.0406 e. The van der Waals surface area contributed by atoms with Gasteiger partial charge in [0.05, 0.1) is 0 Å². The molecule has 1 saturated heterocycles. The molecule has 3 heteroatoms. The van der Waals surface area contributed by atoms with E-state index in [1.54, 1.807) is 0 Å². The van der Waals surface area contributed by atoms with E-state index < -0.39 is 0 Å². The van der Waals surface area contributed by atoms with Crippen molar-refractivity contribution in [1.29, 1.82) is 0 Å². The van der Waals surface area contributed by atoms with E-state index in [0.717, 1.165) is 31.1 Å². The molecule has 1 aliphatic rings. The standard InChI is InChI=1S/C16H25ClN2/c1-12(2)16-10-18-13(3)11-19(16)9-8-14-4-6-15(17)7-5-14/h4-7,12-13,16,18H,8-11H2,1-3H3. The zero-order valence-corrected chi connectivity index (χ0v) is 13.0. The summed E-state index contributed by atoms with van der Waals surface area (Å²) in [6.45, 7) is 10.3. The molecule has 1 aromatic rings. The lowest BCUT2D eigenvalue weighted by Crippen LogP contribution is -2.57. The number of benzene rings is 1. The minimum atomic E-state index is 0.597. The molecule has 1 heterocycles. The summed E-state index contributed by atoms with van der Waals surface area (Å²) in [6.07, 6.45) is 1.10. The lowest BCUT2D eigenvalue weighted by molar-refractivity contribution is 0.104. The van der Waals surface area contributed by atoms with Crippen LogP contribution in [0.15, 0.2) is 24.3 Å². The van der Waals surface area contributed by atoms with Gasteiger partial charge in [0.25, 0.3) is 0 Å². The molecule has 0 saturated carbocycles. The van der Waals surface area contributed by atoms with Crippen LogP contribution in [0.3, 0.4) is 0 Å². The Hall–Kier alpha value is -0.570. The average Bonchev–Trinajstić information content (AvgIpc) is 2.38. The van der Waals surface area contributed by atoms with Crippen LogP contribution >= 0.6 is 11.6 Å². The highest BCUT2D eigenvalue weighted by Gasteiger charge is 2.27. The van der Waals surface area contributed by atoms with Gasteiger partial charge in [-0.05, 0) is 37.0 Å². The summed E-state index contributed by atoms with van der Waals surface area (Å²) in [5, 5.41) is 4.41. The fourth-order valence-electron chi connectivity index (χ4n) is 2.84. The maximum atomic E-state index is 5.93. The van der Waals surface area contributed by atoms with Gasteiger partial charge in [-0.3, -0.25) is 4.90 Å². The lowest BCUT2D eigenvalue weighted by Gasteiger charge is -2.41. The number of hydrogen-bond donors (Lipinski definition) is 1. The molecule has 2 rings (SSSR count). The number of hydrogen-bond acceptors (Lipinski definition) is 2. The molecule has 2 atom stereocenters. The van der Waals surface area contributed by atoms with E-state index in [2.05, 4.69) is 43.1 Å². The van der Waals surface area contributed by atoms with E-state index in [0.29, 0.717) is 18.0 Å². The Morgan fingerprint density at radius 2 is 2.00 bits per heavy atom. The van der Waals surface area contributed by atoms with Gasteiger partial charge in [-0.1, -0.05) is 37.6 Å². The van der Waals surface area contributed by atoms with Crippen LogP contribution in [0.2, 0.25) is 5.02 Å². The normalized spacial score (nSPS) is 24.9. The van der Waals surface area contributed by atoms with Crippen LogP contribution in [0.25, 0.3) is 0 Å². The van der Waals surface area contributed by atoms with E-state index >= 15 is 0 Å². The van der Waals surface area contributed by atoms with Crippen LogP contribution in [-0.2, 0) is 6.42 Å². The van der Waals surface area contributed by atoms with Crippen molar-refractivity contribution in [2.45, 2.75) is 39.3 Å². The summed E-state index contributed by atoms with van der Waals surface area (Å²) in [5.41, 5.74) is 1.37. The average molecular weight is 281 g/mol. The Morgan fingerprint density at radius 1 is 1.32 bits per heavy atom. The van der Waals surface area contributed by atoms with Gasteiger partial charge in [0, 0.05) is 36.7 Å². The monoisotopic (exact) mass is 280 g/mol. The molecule has 0 aliphatic carbocycles. The third kappa shape index (κ3) is 4.20. The summed E-state index contributed by atoms with van der Waals surface area (Å²) in [6, 6.07) is 9.49. The molecule has 19 heavy (non-hydrogen) atoms. The third-order valence-corrected chi connectivity index (χ3v) is 4.28. The van der Waals surface area contributed by atoms with E-state index in [4.69, 9.17) is 11.6 Å². The molecular weight excluding hydrogens is 256 g/mol. The molecule has 0 radical (unpaired) electrons. The van der Waals surface area contributed by atoms with Crippen molar-refractivity contribution in [3.8, 4) is 0 Å². The topological polar surface area (TPSA) is 15.3 Å². The Kier molecular flexibility index (Phi) is 5.26. The summed E-state index contributed by atoms with van der Waals surface area (Å²) < 4.78 is 0. The SMILES string of the molecule is CC1CN(CCc2ccc(Cl)cc2)C(C(C)C)CN1. The van der Waals surface area contributed by atoms with Crippen LogP contribution in [0.4, 0.5) is 0 Å². The Morgan fingerprint density at radius 3 is 2.63 bits per heavy atom. The highest BCUT2D eigenvalue weighted by atomic mass is 35.5. The summed E-state index contributed by atoms with van der Waals surface area (Å²) in [5.74, 6) is 0.699. The predicted molar refractivity (Wildman–Crippen MR) is 82.8 cm³/mol. The van der Waals surface area contributed by atoms with Crippen LogP contribution in [0.1, 0.15) is 26.3 Å². The van der Waals surface area contributed by atoms with Gasteiger partial charge in [-0.2, -0.15) is 0 Å². The Bertz CT molecular complexity index is 388. The van der Waals surface area contributed by atoms with Crippen LogP contribution in [0, 0.1) is 5.92 Å². The van der Waals surface area contributed by atoms with Gasteiger partial charge in [-0.25, -0.2) is 0 Å². The molecule has 0 amide bonds. The van der Waals surface area contributed by atoms with Crippen molar-refractivity contribution in [2.75, 3.05) is 19.6 Å². The number of rotatable bonds is 4. The molecule has 0 spiro atoms. The van der Waals surface area contributed by atoms with Crippen molar-refractivity contribution in [1.82, 2.24) is 10.2 Å². The third-order valence-electron chi connectivity index (χ3n) is 4.02. The second-order valence-corrected chi connectivity index (χ2v) is 6.43. The van der Waals surface area contributed by atoms with Crippen LogP contribution in [0.5, 0.6) is 0 Å². The second-order valence-electron chi connectivity index (χ2n) is 5.99. The molecule has 2 unspecified atom stereocenters. The first-order valence-corrected chi connectivity index (χ1v) is 7.66. The molecule has 106 valence electrons. The summed E-state index contributed by atoms with van der Waals surface area (Å²) in [7, 11) is 0. The van der Waals surface area contributed by atoms with Gasteiger partial charge in [-0.15, -0.1) is 0 Å². The second kappa shape index (κ2) is 6.74. The molecule has 1 fully saturated rings. The lowest BCUT2D eigenvalue weighted by atomic mass is 9.98. The van der Waals surface area contributed by atoms with Gasteiger partial charge in [0.2, 0.25) is 0 Å². The van der Waals surface area contributed by atoms with Gasteiger partial charge < -0.3 is 5.32 Å². The maximum Gasteiger partial charge on any atom is 0.0406 e. The number of piperazine rings is 1. The molecule has 0 bridgehead atoms. The molecule has 1 N–H and O–H groups in total. The van der Waals surface area contributed by atoms with Crippen LogP contribution < -0.4 is 5.32 Å². The first-order chi connectivity index (χ1) is 9.06. The molecule has 1 aliphatic heterocycles. The van der Waals surface area contributed by atoms with Gasteiger partial charge >= 0.3 is 0 Å². The largest absolute Gasteiger partial charge is 0.311 e. The van der Waals surface area contributed by atoms with Gasteiger partial charge in [0.1, 0.15) is 0 Å². The van der Waals surface area contributed by atoms with Crippen molar-refractivity contribution in [3.63, 3.8) is 0 Å². The maximum absolute atomic E-state index is 5.93.